The van der Waals surface area contributed by atoms with Crippen LogP contribution in [0.5, 0.6) is 34.5 Å². The van der Waals surface area contributed by atoms with Gasteiger partial charge in [0.1, 0.15) is 47.0 Å². The molecule has 54 heavy (non-hydrogen) atoms. The summed E-state index contributed by atoms with van der Waals surface area (Å²) >= 11 is 0. The molecule has 284 valence electrons. The Kier molecular flexibility index (Phi) is 10.8. The first-order chi connectivity index (χ1) is 26.3. The summed E-state index contributed by atoms with van der Waals surface area (Å²) in [7, 11) is 6.41. The zero-order valence-electron chi connectivity index (χ0n) is 30.6. The fraction of sp³-hybridized carbons (Fsp3) is 0.350. The minimum Gasteiger partial charge on any atom is -0.507 e. The number of phenols is 2. The Labute approximate surface area is 313 Å². The van der Waals surface area contributed by atoms with Crippen molar-refractivity contribution >= 4 is 22.9 Å². The quantitative estimate of drug-likeness (QED) is 0.115. The van der Waals surface area contributed by atoms with Crippen LogP contribution in [0, 0.1) is 0 Å². The number of phenolic OH excluding ortho intramolecular Hbond substituents is 2. The van der Waals surface area contributed by atoms with Gasteiger partial charge in [0.25, 0.3) is 0 Å². The van der Waals surface area contributed by atoms with Crippen LogP contribution >= 0.6 is 0 Å². The van der Waals surface area contributed by atoms with E-state index in [9.17, 15) is 19.8 Å². The molecule has 2 saturated heterocycles. The van der Waals surface area contributed by atoms with Crippen LogP contribution in [0.1, 0.15) is 55.4 Å². The van der Waals surface area contributed by atoms with E-state index in [4.69, 9.17) is 28.4 Å². The third kappa shape index (κ3) is 6.84. The first kappa shape index (κ1) is 36.8. The van der Waals surface area contributed by atoms with Crippen LogP contribution in [-0.2, 0) is 9.47 Å². The predicted octanol–water partition coefficient (Wildman–Crippen LogP) is 4.79. The molecule has 1 aliphatic carbocycles. The average Bonchev–Trinajstić information content (AvgIpc) is 3.87. The van der Waals surface area contributed by atoms with E-state index in [0.717, 1.165) is 11.1 Å². The van der Waals surface area contributed by atoms with E-state index in [1.807, 2.05) is 36.4 Å². The number of hydrogen-bond donors (Lipinski definition) is 4. The lowest BCUT2D eigenvalue weighted by Crippen LogP contribution is -2.31. The molecule has 0 amide bonds. The first-order valence-corrected chi connectivity index (χ1v) is 17.7. The van der Waals surface area contributed by atoms with Gasteiger partial charge in [0.15, 0.2) is 0 Å². The van der Waals surface area contributed by atoms with Gasteiger partial charge in [-0.25, -0.2) is 0 Å². The third-order valence-electron chi connectivity index (χ3n) is 10.1. The van der Waals surface area contributed by atoms with Gasteiger partial charge in [-0.1, -0.05) is 0 Å². The maximum Gasteiger partial charge on any atom is 0.200 e. The SMILES string of the molecule is COc1ccc(C2OCCN2CCNc2ccc(NCCN3CCOC3c3ccc(OC)cc3OC)c3c2C(=O)c2c(O)ccc(O)c2C3=O)c(OC)c1. The van der Waals surface area contributed by atoms with Crippen LogP contribution in [0.25, 0.3) is 0 Å². The Hall–Kier alpha value is -5.54. The van der Waals surface area contributed by atoms with Crippen molar-refractivity contribution in [1.82, 2.24) is 9.80 Å². The van der Waals surface area contributed by atoms with Crippen molar-refractivity contribution in [2.45, 2.75) is 12.5 Å². The molecule has 0 radical (unpaired) electrons. The zero-order chi connectivity index (χ0) is 37.9. The van der Waals surface area contributed by atoms with Gasteiger partial charge in [-0.2, -0.15) is 0 Å². The lowest BCUT2D eigenvalue weighted by atomic mass is 9.81. The van der Waals surface area contributed by atoms with Crippen molar-refractivity contribution < 1.29 is 48.2 Å². The van der Waals surface area contributed by atoms with E-state index in [2.05, 4.69) is 20.4 Å². The zero-order valence-corrected chi connectivity index (χ0v) is 30.6. The second-order valence-corrected chi connectivity index (χ2v) is 13.0. The Morgan fingerprint density at radius 2 is 1.04 bits per heavy atom. The minimum absolute atomic E-state index is 0.120. The van der Waals surface area contributed by atoms with E-state index < -0.39 is 11.6 Å². The molecule has 4 aromatic carbocycles. The van der Waals surface area contributed by atoms with Crippen LogP contribution < -0.4 is 29.6 Å². The summed E-state index contributed by atoms with van der Waals surface area (Å²) in [6.07, 6.45) is -0.705. The van der Waals surface area contributed by atoms with Gasteiger partial charge in [-0.05, 0) is 48.5 Å². The van der Waals surface area contributed by atoms with Crippen molar-refractivity contribution in [3.8, 4) is 34.5 Å². The van der Waals surface area contributed by atoms with Crippen LogP contribution in [0.3, 0.4) is 0 Å². The van der Waals surface area contributed by atoms with Gasteiger partial charge in [0, 0.05) is 73.9 Å². The topological polar surface area (TPSA) is 161 Å². The van der Waals surface area contributed by atoms with Gasteiger partial charge >= 0.3 is 0 Å². The molecule has 2 atom stereocenters. The molecule has 2 aliphatic heterocycles. The standard InChI is InChI=1S/C40H44N4O10/c1-49-23-5-7-25(31(21-23)51-3)39-43(17-19-53-39)15-13-41-27-9-10-28(34-33(27)37(47)35-29(45)11-12-30(46)36(35)38(34)48)42-14-16-44-18-20-54-40(44)26-8-6-24(50-2)22-32(26)52-4/h5-12,21-22,39-42,45-46H,13-20H2,1-4H3. The number of nitrogens with zero attached hydrogens (tertiary/aromatic N) is 2. The normalized spacial score (nSPS) is 18.3. The number of methoxy groups -OCH3 is 4. The van der Waals surface area contributed by atoms with Crippen LogP contribution in [0.15, 0.2) is 60.7 Å². The monoisotopic (exact) mass is 740 g/mol. The lowest BCUT2D eigenvalue weighted by molar-refractivity contribution is 0.0326. The summed E-state index contributed by atoms with van der Waals surface area (Å²) in [6, 6.07) is 17.1. The number of anilines is 2. The summed E-state index contributed by atoms with van der Waals surface area (Å²) in [5, 5.41) is 28.2. The Morgan fingerprint density at radius 1 is 0.611 bits per heavy atom. The maximum absolute atomic E-state index is 14.2. The van der Waals surface area contributed by atoms with E-state index in [1.54, 1.807) is 40.6 Å². The Morgan fingerprint density at radius 3 is 1.43 bits per heavy atom. The molecule has 14 nitrogen and oxygen atoms in total. The fourth-order valence-corrected chi connectivity index (χ4v) is 7.41. The molecule has 0 saturated carbocycles. The first-order valence-electron chi connectivity index (χ1n) is 17.7. The second-order valence-electron chi connectivity index (χ2n) is 13.0. The average molecular weight is 741 g/mol. The van der Waals surface area contributed by atoms with Crippen molar-refractivity contribution in [2.24, 2.45) is 0 Å². The summed E-state index contributed by atoms with van der Waals surface area (Å²) in [5.41, 5.74) is 2.39. The van der Waals surface area contributed by atoms with Crippen LogP contribution in [0.4, 0.5) is 11.4 Å². The number of aromatic hydroxyl groups is 2. The number of fused-ring (bicyclic) bond motifs is 2. The second kappa shape index (κ2) is 15.8. The smallest absolute Gasteiger partial charge is 0.200 e. The molecular weight excluding hydrogens is 696 g/mol. The maximum atomic E-state index is 14.2. The number of benzene rings is 4. The summed E-state index contributed by atoms with van der Waals surface area (Å²) in [5.74, 6) is 0.756. The van der Waals surface area contributed by atoms with Gasteiger partial charge in [-0.15, -0.1) is 0 Å². The van der Waals surface area contributed by atoms with Crippen LogP contribution in [-0.4, -0.2) is 113 Å². The molecule has 4 aromatic rings. The van der Waals surface area contributed by atoms with Crippen molar-refractivity contribution in [2.75, 3.05) is 91.6 Å². The van der Waals surface area contributed by atoms with Gasteiger partial charge in [0.2, 0.25) is 11.6 Å². The van der Waals surface area contributed by atoms with Crippen molar-refractivity contribution in [3.05, 3.63) is 94.0 Å². The largest absolute Gasteiger partial charge is 0.507 e. The highest BCUT2D eigenvalue weighted by molar-refractivity contribution is 6.33. The van der Waals surface area contributed by atoms with E-state index >= 15 is 0 Å². The Bertz CT molecular complexity index is 1910. The number of ether oxygens (including phenoxy) is 6. The number of carbonyl (C=O) groups is 2. The molecular formula is C40H44N4O10. The summed E-state index contributed by atoms with van der Waals surface area (Å²) in [4.78, 5) is 32.7. The number of rotatable bonds is 14. The molecule has 0 bridgehead atoms. The van der Waals surface area contributed by atoms with E-state index in [-0.39, 0.29) is 46.2 Å². The summed E-state index contributed by atoms with van der Waals surface area (Å²) in [6.45, 7) is 4.30. The van der Waals surface area contributed by atoms with Gasteiger partial charge < -0.3 is 49.3 Å². The molecule has 14 heteroatoms. The number of hydrogen-bond acceptors (Lipinski definition) is 14. The van der Waals surface area contributed by atoms with Gasteiger partial charge in [0.05, 0.1) is 63.9 Å². The third-order valence-corrected chi connectivity index (χ3v) is 10.1. The van der Waals surface area contributed by atoms with Crippen LogP contribution in [0.2, 0.25) is 0 Å². The molecule has 2 heterocycles. The van der Waals surface area contributed by atoms with E-state index in [0.29, 0.717) is 86.9 Å². The van der Waals surface area contributed by atoms with Crippen molar-refractivity contribution in [1.29, 1.82) is 0 Å². The van der Waals surface area contributed by atoms with Crippen molar-refractivity contribution in [3.63, 3.8) is 0 Å². The molecule has 0 aromatic heterocycles. The molecule has 0 spiro atoms. The number of nitrogens with one attached hydrogen (secondary N) is 2. The fourth-order valence-electron chi connectivity index (χ4n) is 7.41. The molecule has 3 aliphatic rings. The summed E-state index contributed by atoms with van der Waals surface area (Å²) < 4.78 is 34.2. The number of carbonyl (C=O) groups excluding carboxylic acids is 2. The number of ketones is 2. The highest BCUT2D eigenvalue weighted by atomic mass is 16.5. The lowest BCUT2D eigenvalue weighted by Gasteiger charge is -2.27. The van der Waals surface area contributed by atoms with E-state index in [1.165, 1.54) is 12.1 Å². The Balaban J connectivity index is 1.12. The highest BCUT2D eigenvalue weighted by Gasteiger charge is 2.38. The molecule has 4 N–H and O–H groups in total. The molecule has 2 fully saturated rings. The predicted molar refractivity (Wildman–Crippen MR) is 200 cm³/mol. The molecule has 2 unspecified atom stereocenters. The molecule has 7 rings (SSSR count). The highest BCUT2D eigenvalue weighted by Crippen LogP contribution is 2.43. The van der Waals surface area contributed by atoms with Gasteiger partial charge in [-0.3, -0.25) is 19.4 Å². The minimum atomic E-state index is -0.566.